The zero-order valence-corrected chi connectivity index (χ0v) is 12.3. The van der Waals surface area contributed by atoms with Crippen LogP contribution in [-0.2, 0) is 0 Å². The van der Waals surface area contributed by atoms with Crippen molar-refractivity contribution < 1.29 is 14.8 Å². The first-order valence-corrected chi connectivity index (χ1v) is 7.18. The highest BCUT2D eigenvalue weighted by Crippen LogP contribution is 2.29. The Labute approximate surface area is 124 Å². The van der Waals surface area contributed by atoms with Crippen LogP contribution < -0.4 is 5.32 Å². The molecule has 1 fully saturated rings. The molecule has 0 saturated heterocycles. The molecule has 2 atom stereocenters. The van der Waals surface area contributed by atoms with Crippen LogP contribution in [0.15, 0.2) is 22.7 Å². The first-order valence-electron chi connectivity index (χ1n) is 6.39. The lowest BCUT2D eigenvalue weighted by Gasteiger charge is -2.19. The van der Waals surface area contributed by atoms with Crippen molar-refractivity contribution in [2.24, 2.45) is 5.92 Å². The topological polar surface area (TPSA) is 92.5 Å². The summed E-state index contributed by atoms with van der Waals surface area (Å²) < 4.78 is 0.182. The molecule has 7 heteroatoms. The van der Waals surface area contributed by atoms with Crippen LogP contribution in [-0.4, -0.2) is 28.6 Å². The second kappa shape index (κ2) is 6.32. The number of aliphatic hydroxyl groups is 1. The summed E-state index contributed by atoms with van der Waals surface area (Å²) >= 11 is 3.11. The molecule has 2 rings (SSSR count). The molecule has 0 aliphatic heterocycles. The molecule has 2 N–H and O–H groups in total. The Balaban J connectivity index is 2.17. The van der Waals surface area contributed by atoms with E-state index in [-0.39, 0.29) is 40.2 Å². The Hall–Kier alpha value is -1.47. The molecule has 108 valence electrons. The Kier molecular flexibility index (Phi) is 4.72. The van der Waals surface area contributed by atoms with Gasteiger partial charge in [0.25, 0.3) is 11.6 Å². The lowest BCUT2D eigenvalue weighted by molar-refractivity contribution is -0.385. The number of aliphatic hydroxyl groups excluding tert-OH is 1. The van der Waals surface area contributed by atoms with E-state index in [1.807, 2.05) is 0 Å². The third-order valence-electron chi connectivity index (χ3n) is 3.63. The fraction of sp³-hybridized carbons (Fsp3) is 0.462. The number of nitro groups is 1. The number of carbonyl (C=O) groups is 1. The molecule has 0 radical (unpaired) electrons. The number of benzene rings is 1. The lowest BCUT2D eigenvalue weighted by atomic mass is 10.0. The molecular formula is C13H15BrN2O4. The molecule has 0 aromatic heterocycles. The van der Waals surface area contributed by atoms with Gasteiger partial charge in [0.15, 0.2) is 0 Å². The molecular weight excluding hydrogens is 328 g/mol. The summed E-state index contributed by atoms with van der Waals surface area (Å²) in [5, 5.41) is 22.9. The first-order chi connectivity index (χ1) is 9.54. The van der Waals surface area contributed by atoms with Crippen molar-refractivity contribution in [1.82, 2.24) is 5.32 Å². The minimum atomic E-state index is -0.535. The van der Waals surface area contributed by atoms with E-state index in [0.29, 0.717) is 0 Å². The molecule has 2 unspecified atom stereocenters. The SMILES string of the molecule is O=C(NC1CCCC1CO)c1cccc([N+](=O)[O-])c1Br. The van der Waals surface area contributed by atoms with Gasteiger partial charge >= 0.3 is 0 Å². The predicted octanol–water partition coefficient (Wildman–Crippen LogP) is 2.25. The van der Waals surface area contributed by atoms with Gasteiger partial charge in [0.05, 0.1) is 10.5 Å². The van der Waals surface area contributed by atoms with Gasteiger partial charge in [0.1, 0.15) is 4.47 Å². The Bertz CT molecular complexity index is 535. The number of nitrogens with zero attached hydrogens (tertiary/aromatic N) is 1. The summed E-state index contributed by atoms with van der Waals surface area (Å²) in [4.78, 5) is 22.5. The molecule has 0 bridgehead atoms. The van der Waals surface area contributed by atoms with E-state index in [0.717, 1.165) is 19.3 Å². The van der Waals surface area contributed by atoms with Crippen LogP contribution in [0.4, 0.5) is 5.69 Å². The number of nitrogens with one attached hydrogen (secondary N) is 1. The van der Waals surface area contributed by atoms with E-state index in [1.54, 1.807) is 0 Å². The highest BCUT2D eigenvalue weighted by atomic mass is 79.9. The number of nitro benzene ring substituents is 1. The number of halogens is 1. The van der Waals surface area contributed by atoms with Gasteiger partial charge in [-0.05, 0) is 34.8 Å². The minimum Gasteiger partial charge on any atom is -0.396 e. The Morgan fingerprint density at radius 1 is 1.50 bits per heavy atom. The van der Waals surface area contributed by atoms with Crippen LogP contribution in [0.1, 0.15) is 29.6 Å². The van der Waals surface area contributed by atoms with Gasteiger partial charge in [-0.1, -0.05) is 12.5 Å². The van der Waals surface area contributed by atoms with E-state index in [9.17, 15) is 20.0 Å². The summed E-state index contributed by atoms with van der Waals surface area (Å²) in [7, 11) is 0. The largest absolute Gasteiger partial charge is 0.396 e. The molecule has 0 spiro atoms. The molecule has 6 nitrogen and oxygen atoms in total. The second-order valence-corrected chi connectivity index (χ2v) is 5.64. The van der Waals surface area contributed by atoms with Crippen molar-refractivity contribution in [2.75, 3.05) is 6.61 Å². The first kappa shape index (κ1) is 14.9. The van der Waals surface area contributed by atoms with Gasteiger partial charge in [-0.25, -0.2) is 0 Å². The fourth-order valence-electron chi connectivity index (χ4n) is 2.53. The van der Waals surface area contributed by atoms with Gasteiger partial charge in [-0.3, -0.25) is 14.9 Å². The number of amides is 1. The highest BCUT2D eigenvalue weighted by molar-refractivity contribution is 9.10. The maximum atomic E-state index is 12.2. The lowest BCUT2D eigenvalue weighted by Crippen LogP contribution is -2.38. The van der Waals surface area contributed by atoms with Crippen LogP contribution >= 0.6 is 15.9 Å². The number of hydrogen-bond acceptors (Lipinski definition) is 4. The van der Waals surface area contributed by atoms with E-state index >= 15 is 0 Å². The van der Waals surface area contributed by atoms with Crippen LogP contribution in [0, 0.1) is 16.0 Å². The van der Waals surface area contributed by atoms with Crippen LogP contribution in [0.2, 0.25) is 0 Å². The zero-order valence-electron chi connectivity index (χ0n) is 10.7. The number of rotatable bonds is 4. The molecule has 1 aromatic carbocycles. The van der Waals surface area contributed by atoms with Crippen molar-refractivity contribution in [1.29, 1.82) is 0 Å². The zero-order chi connectivity index (χ0) is 14.7. The fourth-order valence-corrected chi connectivity index (χ4v) is 3.12. The molecule has 1 amide bonds. The predicted molar refractivity (Wildman–Crippen MR) is 76.5 cm³/mol. The van der Waals surface area contributed by atoms with Gasteiger partial charge < -0.3 is 10.4 Å². The monoisotopic (exact) mass is 342 g/mol. The van der Waals surface area contributed by atoms with E-state index in [2.05, 4.69) is 21.2 Å². The van der Waals surface area contributed by atoms with Gasteiger partial charge in [-0.15, -0.1) is 0 Å². The van der Waals surface area contributed by atoms with Crippen LogP contribution in [0.25, 0.3) is 0 Å². The van der Waals surface area contributed by atoms with Gasteiger partial charge in [0.2, 0.25) is 0 Å². The summed E-state index contributed by atoms with van der Waals surface area (Å²) in [6.07, 6.45) is 2.67. The van der Waals surface area contributed by atoms with E-state index in [1.165, 1.54) is 18.2 Å². The van der Waals surface area contributed by atoms with Crippen molar-refractivity contribution in [3.8, 4) is 0 Å². The average molecular weight is 343 g/mol. The van der Waals surface area contributed by atoms with Crippen molar-refractivity contribution in [3.05, 3.63) is 38.3 Å². The summed E-state index contributed by atoms with van der Waals surface area (Å²) in [5.74, 6) is -0.289. The third kappa shape index (κ3) is 2.99. The third-order valence-corrected chi connectivity index (χ3v) is 4.46. The number of hydrogen-bond donors (Lipinski definition) is 2. The van der Waals surface area contributed by atoms with E-state index in [4.69, 9.17) is 0 Å². The molecule has 1 aliphatic carbocycles. The van der Waals surface area contributed by atoms with Crippen molar-refractivity contribution >= 4 is 27.5 Å². The molecule has 0 heterocycles. The van der Waals surface area contributed by atoms with Crippen molar-refractivity contribution in [2.45, 2.75) is 25.3 Å². The second-order valence-electron chi connectivity index (χ2n) is 4.85. The molecule has 1 aliphatic rings. The summed E-state index contributed by atoms with van der Waals surface area (Å²) in [5.41, 5.74) is 0.102. The maximum Gasteiger partial charge on any atom is 0.284 e. The van der Waals surface area contributed by atoms with Crippen LogP contribution in [0.3, 0.4) is 0 Å². The summed E-state index contributed by atoms with van der Waals surface area (Å²) in [6.45, 7) is 0.0427. The Morgan fingerprint density at radius 3 is 2.90 bits per heavy atom. The quantitative estimate of drug-likeness (QED) is 0.648. The molecule has 20 heavy (non-hydrogen) atoms. The number of carbonyl (C=O) groups excluding carboxylic acids is 1. The Morgan fingerprint density at radius 2 is 2.25 bits per heavy atom. The average Bonchev–Trinajstić information content (AvgIpc) is 2.85. The molecule has 1 aromatic rings. The normalized spacial score (nSPS) is 21.7. The summed E-state index contributed by atoms with van der Waals surface area (Å²) in [6, 6.07) is 4.29. The standard InChI is InChI=1S/C13H15BrN2O4/c14-12-9(4-2-6-11(12)16(19)20)13(18)15-10-5-1-3-8(10)7-17/h2,4,6,8,10,17H,1,3,5,7H2,(H,15,18). The maximum absolute atomic E-state index is 12.2. The van der Waals surface area contributed by atoms with Gasteiger partial charge in [-0.2, -0.15) is 0 Å². The van der Waals surface area contributed by atoms with E-state index < -0.39 is 4.92 Å². The van der Waals surface area contributed by atoms with Gasteiger partial charge in [0, 0.05) is 24.6 Å². The minimum absolute atomic E-state index is 0.0427. The van der Waals surface area contributed by atoms with Crippen molar-refractivity contribution in [3.63, 3.8) is 0 Å². The smallest absolute Gasteiger partial charge is 0.284 e. The molecule has 1 saturated carbocycles. The van der Waals surface area contributed by atoms with Crippen LogP contribution in [0.5, 0.6) is 0 Å². The highest BCUT2D eigenvalue weighted by Gasteiger charge is 2.29.